The predicted octanol–water partition coefficient (Wildman–Crippen LogP) is -0.985. The molecule has 2 atom stereocenters. The molecule has 1 aliphatic heterocycles. The summed E-state index contributed by atoms with van der Waals surface area (Å²) in [5.74, 6) is 0. The number of alkyl halides is 1. The lowest BCUT2D eigenvalue weighted by Crippen LogP contribution is -2.60. The fraction of sp³-hybridized carbons (Fsp3) is 1.00. The topological polar surface area (TPSA) is 70.2 Å². The zero-order valence-electron chi connectivity index (χ0n) is 3.80. The van der Waals surface area contributed by atoms with Crippen LogP contribution in [-0.4, -0.2) is 23.7 Å². The fourth-order valence-corrected chi connectivity index (χ4v) is 0.410. The summed E-state index contributed by atoms with van der Waals surface area (Å²) < 4.78 is 4.78. The van der Waals surface area contributed by atoms with E-state index in [0.717, 1.165) is 6.61 Å². The molecule has 0 saturated carbocycles. The number of rotatable bonds is 1. The van der Waals surface area contributed by atoms with Crippen LogP contribution in [0.3, 0.4) is 0 Å². The molecule has 0 radical (unpaired) electrons. The number of epoxide rings is 1. The summed E-state index contributed by atoms with van der Waals surface area (Å²) >= 11 is 5.44. The van der Waals surface area contributed by atoms with Gasteiger partial charge in [-0.1, -0.05) is 11.6 Å². The lowest BCUT2D eigenvalue weighted by Gasteiger charge is -1.84. The maximum atomic E-state index is 5.44. The number of hydrogen-bond acceptors (Lipinski definition) is 2. The van der Waals surface area contributed by atoms with Crippen LogP contribution >= 0.6 is 11.6 Å². The van der Waals surface area contributed by atoms with Gasteiger partial charge in [0.1, 0.15) is 6.10 Å². The zero-order chi connectivity index (χ0) is 4.57. The summed E-state index contributed by atoms with van der Waals surface area (Å²) in [6, 6.07) is 0. The Morgan fingerprint density at radius 2 is 2.29 bits per heavy atom. The Hall–Kier alpha value is 0.170. The molecule has 0 aromatic rings. The maximum absolute atomic E-state index is 5.44. The number of quaternary nitrogens is 1. The SMILES string of the molecule is [NH3+]C(Cl)C1CO1.[OH-]. The summed E-state index contributed by atoms with van der Waals surface area (Å²) in [5, 5.41) is 0. The van der Waals surface area contributed by atoms with Crippen LogP contribution < -0.4 is 5.73 Å². The molecule has 7 heavy (non-hydrogen) atoms. The summed E-state index contributed by atoms with van der Waals surface area (Å²) in [4.78, 5) is 0. The van der Waals surface area contributed by atoms with E-state index < -0.39 is 0 Å². The van der Waals surface area contributed by atoms with Crippen molar-refractivity contribution < 1.29 is 15.9 Å². The minimum atomic E-state index is -0.0370. The van der Waals surface area contributed by atoms with Gasteiger partial charge in [0.2, 0.25) is 0 Å². The van der Waals surface area contributed by atoms with Crippen LogP contribution in [0.5, 0.6) is 0 Å². The Kier molecular flexibility index (Phi) is 2.53. The van der Waals surface area contributed by atoms with Gasteiger partial charge in [0, 0.05) is 0 Å². The third kappa shape index (κ3) is 2.09. The van der Waals surface area contributed by atoms with E-state index in [1.165, 1.54) is 0 Å². The lowest BCUT2D eigenvalue weighted by molar-refractivity contribution is -0.392. The minimum absolute atomic E-state index is 0. The van der Waals surface area contributed by atoms with E-state index in [9.17, 15) is 0 Å². The van der Waals surface area contributed by atoms with Gasteiger partial charge in [-0.15, -0.1) is 0 Å². The minimum Gasteiger partial charge on any atom is -0.870 e. The van der Waals surface area contributed by atoms with Crippen molar-refractivity contribution in [3.05, 3.63) is 0 Å². The van der Waals surface area contributed by atoms with Gasteiger partial charge in [-0.05, 0) is 0 Å². The molecule has 2 unspecified atom stereocenters. The second kappa shape index (κ2) is 2.47. The normalized spacial score (nSPS) is 30.9. The number of hydrogen-bond donors (Lipinski definition) is 1. The quantitative estimate of drug-likeness (QED) is 0.278. The van der Waals surface area contributed by atoms with Gasteiger partial charge in [0.15, 0.2) is 5.50 Å². The summed E-state index contributed by atoms with van der Waals surface area (Å²) in [7, 11) is 0. The van der Waals surface area contributed by atoms with Crippen molar-refractivity contribution in [3.8, 4) is 0 Å². The summed E-state index contributed by atoms with van der Waals surface area (Å²) in [6.45, 7) is 0.803. The molecule has 0 aliphatic carbocycles. The first kappa shape index (κ1) is 7.17. The Morgan fingerprint density at radius 3 is 2.29 bits per heavy atom. The molecule has 4 heteroatoms. The molecule has 1 rings (SSSR count). The zero-order valence-corrected chi connectivity index (χ0v) is 4.56. The van der Waals surface area contributed by atoms with Gasteiger partial charge in [-0.3, -0.25) is 0 Å². The van der Waals surface area contributed by atoms with Crippen LogP contribution in [0.4, 0.5) is 0 Å². The van der Waals surface area contributed by atoms with Crippen LogP contribution in [0.25, 0.3) is 0 Å². The third-order valence-electron chi connectivity index (χ3n) is 0.763. The summed E-state index contributed by atoms with van der Waals surface area (Å²) in [6.07, 6.45) is 0.256. The Balaban J connectivity index is 0.000000360. The summed E-state index contributed by atoms with van der Waals surface area (Å²) in [5.41, 5.74) is 3.50. The molecule has 1 fully saturated rings. The van der Waals surface area contributed by atoms with E-state index in [0.29, 0.717) is 0 Å². The highest BCUT2D eigenvalue weighted by atomic mass is 35.5. The van der Waals surface area contributed by atoms with E-state index in [2.05, 4.69) is 5.73 Å². The predicted molar refractivity (Wildman–Crippen MR) is 24.2 cm³/mol. The van der Waals surface area contributed by atoms with E-state index in [1.807, 2.05) is 0 Å². The number of halogens is 1. The van der Waals surface area contributed by atoms with Crippen molar-refractivity contribution in [3.63, 3.8) is 0 Å². The highest BCUT2D eigenvalue weighted by molar-refractivity contribution is 6.19. The van der Waals surface area contributed by atoms with E-state index in [1.54, 1.807) is 0 Å². The first-order valence-electron chi connectivity index (χ1n) is 1.89. The standard InChI is InChI=1S/C3H6ClNO.H2O/c4-3(5)2-1-6-2;/h2-3H,1,5H2;1H2. The first-order valence-corrected chi connectivity index (χ1v) is 2.33. The first-order chi connectivity index (χ1) is 2.80. The number of ether oxygens (including phenoxy) is 1. The van der Waals surface area contributed by atoms with Gasteiger partial charge in [-0.25, -0.2) is 0 Å². The second-order valence-electron chi connectivity index (χ2n) is 1.39. The van der Waals surface area contributed by atoms with Crippen molar-refractivity contribution in [1.82, 2.24) is 0 Å². The highest BCUT2D eigenvalue weighted by Crippen LogP contribution is 2.12. The smallest absolute Gasteiger partial charge is 0.188 e. The Morgan fingerprint density at radius 1 is 1.86 bits per heavy atom. The molecular formula is C3H8ClNO2. The van der Waals surface area contributed by atoms with Gasteiger partial charge >= 0.3 is 0 Å². The Bertz CT molecular complexity index is 54.9. The van der Waals surface area contributed by atoms with Gasteiger partial charge in [-0.2, -0.15) is 0 Å². The second-order valence-corrected chi connectivity index (χ2v) is 1.95. The van der Waals surface area contributed by atoms with E-state index in [4.69, 9.17) is 16.3 Å². The van der Waals surface area contributed by atoms with E-state index >= 15 is 0 Å². The molecule has 4 N–H and O–H groups in total. The molecule has 0 spiro atoms. The van der Waals surface area contributed by atoms with Crippen LogP contribution in [0.2, 0.25) is 0 Å². The van der Waals surface area contributed by atoms with Crippen molar-refractivity contribution in [1.29, 1.82) is 0 Å². The lowest BCUT2D eigenvalue weighted by atomic mass is 10.5. The van der Waals surface area contributed by atoms with E-state index in [-0.39, 0.29) is 17.1 Å². The molecule has 1 aliphatic rings. The highest BCUT2D eigenvalue weighted by Gasteiger charge is 2.31. The average Bonchev–Trinajstić information content (AvgIpc) is 2.06. The molecule has 0 aromatic heterocycles. The third-order valence-corrected chi connectivity index (χ3v) is 1.04. The van der Waals surface area contributed by atoms with Gasteiger partial charge < -0.3 is 15.9 Å². The molecule has 3 nitrogen and oxygen atoms in total. The molecule has 0 bridgehead atoms. The van der Waals surface area contributed by atoms with Crippen LogP contribution in [0, 0.1) is 0 Å². The molecular weight excluding hydrogens is 117 g/mol. The Labute approximate surface area is 46.7 Å². The van der Waals surface area contributed by atoms with Crippen LogP contribution in [0.1, 0.15) is 0 Å². The average molecular weight is 126 g/mol. The largest absolute Gasteiger partial charge is 0.870 e. The van der Waals surface area contributed by atoms with Crippen molar-refractivity contribution in [2.75, 3.05) is 6.61 Å². The molecule has 0 amide bonds. The molecule has 1 saturated heterocycles. The van der Waals surface area contributed by atoms with Gasteiger partial charge in [0.05, 0.1) is 6.61 Å². The van der Waals surface area contributed by atoms with Crippen molar-refractivity contribution >= 4 is 11.6 Å². The fourth-order valence-electron chi connectivity index (χ4n) is 0.264. The van der Waals surface area contributed by atoms with Crippen LogP contribution in [-0.2, 0) is 4.74 Å². The van der Waals surface area contributed by atoms with Gasteiger partial charge in [0.25, 0.3) is 0 Å². The monoisotopic (exact) mass is 125 g/mol. The molecule has 1 heterocycles. The molecule has 44 valence electrons. The van der Waals surface area contributed by atoms with Crippen molar-refractivity contribution in [2.45, 2.75) is 11.6 Å². The van der Waals surface area contributed by atoms with Crippen molar-refractivity contribution in [2.24, 2.45) is 0 Å². The van der Waals surface area contributed by atoms with Crippen LogP contribution in [0.15, 0.2) is 0 Å². The maximum Gasteiger partial charge on any atom is 0.188 e. The molecule has 0 aromatic carbocycles.